The first-order valence-electron chi connectivity index (χ1n) is 9.26. The van der Waals surface area contributed by atoms with Gasteiger partial charge < -0.3 is 14.9 Å². The third kappa shape index (κ3) is 4.54. The van der Waals surface area contributed by atoms with Crippen molar-refractivity contribution in [3.05, 3.63) is 30.1 Å². The van der Waals surface area contributed by atoms with Gasteiger partial charge in [-0.1, -0.05) is 18.9 Å². The van der Waals surface area contributed by atoms with E-state index in [0.717, 1.165) is 31.7 Å². The van der Waals surface area contributed by atoms with Gasteiger partial charge in [0.1, 0.15) is 0 Å². The Balaban J connectivity index is 1.56. The van der Waals surface area contributed by atoms with Crippen LogP contribution in [0.2, 0.25) is 0 Å². The molecule has 1 aromatic heterocycles. The number of aliphatic hydroxyl groups excluding tert-OH is 1. The van der Waals surface area contributed by atoms with Crippen LogP contribution in [0.15, 0.2) is 24.5 Å². The molecule has 2 aliphatic heterocycles. The molecule has 1 N–H and O–H groups in total. The van der Waals surface area contributed by atoms with Crippen molar-refractivity contribution in [1.82, 2.24) is 14.8 Å². The summed E-state index contributed by atoms with van der Waals surface area (Å²) < 4.78 is 0. The van der Waals surface area contributed by atoms with E-state index in [1.165, 1.54) is 25.7 Å². The predicted octanol–water partition coefficient (Wildman–Crippen LogP) is 1.57. The third-order valence-electron chi connectivity index (χ3n) is 5.43. The molecule has 5 heteroatoms. The maximum atomic E-state index is 12.6. The monoisotopic (exact) mass is 331 g/mol. The number of carbonyl (C=O) groups is 1. The van der Waals surface area contributed by atoms with Crippen molar-refractivity contribution in [2.45, 2.75) is 32.1 Å². The second kappa shape index (κ2) is 8.58. The van der Waals surface area contributed by atoms with E-state index in [4.69, 9.17) is 0 Å². The summed E-state index contributed by atoms with van der Waals surface area (Å²) in [6.07, 6.45) is 9.11. The number of aromatic nitrogens is 1. The number of carbonyl (C=O) groups excluding carboxylic acids is 1. The fourth-order valence-corrected chi connectivity index (χ4v) is 4.00. The fourth-order valence-electron chi connectivity index (χ4n) is 4.00. The molecule has 24 heavy (non-hydrogen) atoms. The molecular weight excluding hydrogens is 302 g/mol. The predicted molar refractivity (Wildman–Crippen MR) is 93.5 cm³/mol. The standard InChI is InChI=1S/C19H29N3O2/c23-15-18-14-22(19(24)10-16-6-5-7-20-11-16)13-17(18)12-21-8-3-1-2-4-9-21/h5-7,11,17-18,23H,1-4,8-10,12-15H2. The summed E-state index contributed by atoms with van der Waals surface area (Å²) in [7, 11) is 0. The molecule has 1 amide bonds. The highest BCUT2D eigenvalue weighted by Gasteiger charge is 2.35. The molecule has 2 aliphatic rings. The molecule has 2 fully saturated rings. The van der Waals surface area contributed by atoms with Gasteiger partial charge in [-0.2, -0.15) is 0 Å². The van der Waals surface area contributed by atoms with E-state index >= 15 is 0 Å². The Morgan fingerprint density at radius 2 is 1.92 bits per heavy atom. The van der Waals surface area contributed by atoms with E-state index in [1.807, 2.05) is 17.0 Å². The van der Waals surface area contributed by atoms with Gasteiger partial charge in [0, 0.05) is 44.6 Å². The molecule has 0 radical (unpaired) electrons. The van der Waals surface area contributed by atoms with Gasteiger partial charge in [0.15, 0.2) is 0 Å². The van der Waals surface area contributed by atoms with Crippen LogP contribution in [0.4, 0.5) is 0 Å². The summed E-state index contributed by atoms with van der Waals surface area (Å²) in [6, 6.07) is 3.81. The van der Waals surface area contributed by atoms with Gasteiger partial charge in [0.25, 0.3) is 0 Å². The van der Waals surface area contributed by atoms with Crippen LogP contribution in [0.3, 0.4) is 0 Å². The van der Waals surface area contributed by atoms with Crippen LogP contribution in [0.1, 0.15) is 31.2 Å². The minimum Gasteiger partial charge on any atom is -0.396 e. The largest absolute Gasteiger partial charge is 0.396 e. The molecular formula is C19H29N3O2. The molecule has 2 saturated heterocycles. The molecule has 0 aromatic carbocycles. The quantitative estimate of drug-likeness (QED) is 0.890. The van der Waals surface area contributed by atoms with Crippen molar-refractivity contribution in [3.8, 4) is 0 Å². The van der Waals surface area contributed by atoms with Gasteiger partial charge in [-0.25, -0.2) is 0 Å². The van der Waals surface area contributed by atoms with Gasteiger partial charge in [-0.05, 0) is 43.5 Å². The molecule has 0 aliphatic carbocycles. The number of hydrogen-bond acceptors (Lipinski definition) is 4. The SMILES string of the molecule is O=C(Cc1cccnc1)N1CC(CO)C(CN2CCCCCC2)C1. The summed E-state index contributed by atoms with van der Waals surface area (Å²) in [4.78, 5) is 21.1. The van der Waals surface area contributed by atoms with Gasteiger partial charge in [0.2, 0.25) is 5.91 Å². The first-order valence-corrected chi connectivity index (χ1v) is 9.26. The summed E-state index contributed by atoms with van der Waals surface area (Å²) in [5.74, 6) is 0.761. The molecule has 0 saturated carbocycles. The number of nitrogens with zero attached hydrogens (tertiary/aromatic N) is 3. The van der Waals surface area contributed by atoms with E-state index in [0.29, 0.717) is 18.9 Å². The van der Waals surface area contributed by atoms with E-state index in [-0.39, 0.29) is 18.4 Å². The Bertz CT molecular complexity index is 515. The number of pyridine rings is 1. The summed E-state index contributed by atoms with van der Waals surface area (Å²) in [5.41, 5.74) is 0.957. The van der Waals surface area contributed by atoms with Crippen LogP contribution >= 0.6 is 0 Å². The normalized spacial score (nSPS) is 25.6. The lowest BCUT2D eigenvalue weighted by molar-refractivity contribution is -0.129. The molecule has 0 spiro atoms. The minimum atomic E-state index is 0.153. The van der Waals surface area contributed by atoms with Crippen LogP contribution in [0.5, 0.6) is 0 Å². The zero-order valence-electron chi connectivity index (χ0n) is 14.4. The first-order chi connectivity index (χ1) is 11.8. The lowest BCUT2D eigenvalue weighted by Crippen LogP contribution is -2.35. The lowest BCUT2D eigenvalue weighted by Gasteiger charge is -2.26. The average molecular weight is 331 g/mol. The molecule has 1 aromatic rings. The molecule has 0 bridgehead atoms. The molecule has 2 atom stereocenters. The zero-order chi connectivity index (χ0) is 16.8. The lowest BCUT2D eigenvalue weighted by atomic mass is 9.96. The third-order valence-corrected chi connectivity index (χ3v) is 5.43. The van der Waals surface area contributed by atoms with E-state index in [2.05, 4.69) is 9.88 Å². The fraction of sp³-hybridized carbons (Fsp3) is 0.684. The van der Waals surface area contributed by atoms with Gasteiger partial charge in [-0.3, -0.25) is 9.78 Å². The molecule has 5 nitrogen and oxygen atoms in total. The summed E-state index contributed by atoms with van der Waals surface area (Å²) in [5, 5.41) is 9.74. The summed E-state index contributed by atoms with van der Waals surface area (Å²) >= 11 is 0. The molecule has 3 heterocycles. The number of amides is 1. The highest BCUT2D eigenvalue weighted by molar-refractivity contribution is 5.79. The Kier molecular flexibility index (Phi) is 6.21. The van der Waals surface area contributed by atoms with Crippen molar-refractivity contribution in [1.29, 1.82) is 0 Å². The smallest absolute Gasteiger partial charge is 0.227 e. The van der Waals surface area contributed by atoms with E-state index in [9.17, 15) is 9.90 Å². The van der Waals surface area contributed by atoms with Crippen molar-refractivity contribution in [3.63, 3.8) is 0 Å². The second-order valence-corrected chi connectivity index (χ2v) is 7.25. The average Bonchev–Trinajstić information content (AvgIpc) is 2.83. The van der Waals surface area contributed by atoms with Crippen LogP contribution in [-0.2, 0) is 11.2 Å². The zero-order valence-corrected chi connectivity index (χ0v) is 14.4. The number of rotatable bonds is 5. The maximum Gasteiger partial charge on any atom is 0.227 e. The second-order valence-electron chi connectivity index (χ2n) is 7.25. The Labute approximate surface area is 144 Å². The van der Waals surface area contributed by atoms with Gasteiger partial charge in [0.05, 0.1) is 6.42 Å². The summed E-state index contributed by atoms with van der Waals surface area (Å²) in [6.45, 7) is 4.99. The van der Waals surface area contributed by atoms with Crippen LogP contribution in [0, 0.1) is 11.8 Å². The van der Waals surface area contributed by atoms with Crippen molar-refractivity contribution >= 4 is 5.91 Å². The molecule has 132 valence electrons. The Hall–Kier alpha value is -1.46. The highest BCUT2D eigenvalue weighted by Crippen LogP contribution is 2.25. The van der Waals surface area contributed by atoms with Crippen LogP contribution in [0.25, 0.3) is 0 Å². The Morgan fingerprint density at radius 1 is 1.17 bits per heavy atom. The topological polar surface area (TPSA) is 56.7 Å². The van der Waals surface area contributed by atoms with E-state index < -0.39 is 0 Å². The van der Waals surface area contributed by atoms with Gasteiger partial charge in [-0.15, -0.1) is 0 Å². The van der Waals surface area contributed by atoms with Crippen molar-refractivity contribution < 1.29 is 9.90 Å². The highest BCUT2D eigenvalue weighted by atomic mass is 16.3. The maximum absolute atomic E-state index is 12.6. The van der Waals surface area contributed by atoms with E-state index in [1.54, 1.807) is 12.4 Å². The molecule has 2 unspecified atom stereocenters. The van der Waals surface area contributed by atoms with Gasteiger partial charge >= 0.3 is 0 Å². The first kappa shape index (κ1) is 17.4. The van der Waals surface area contributed by atoms with Crippen molar-refractivity contribution in [2.24, 2.45) is 11.8 Å². The minimum absolute atomic E-state index is 0.153. The number of aliphatic hydroxyl groups is 1. The van der Waals surface area contributed by atoms with Crippen LogP contribution < -0.4 is 0 Å². The molecule has 3 rings (SSSR count). The van der Waals surface area contributed by atoms with Crippen LogP contribution in [-0.4, -0.2) is 65.1 Å². The number of likely N-dealkylation sites (tertiary alicyclic amines) is 2. The Morgan fingerprint density at radius 3 is 2.58 bits per heavy atom. The number of hydrogen-bond donors (Lipinski definition) is 1. The van der Waals surface area contributed by atoms with Crippen molar-refractivity contribution in [2.75, 3.05) is 39.3 Å².